The van der Waals surface area contributed by atoms with E-state index >= 15 is 0 Å². The van der Waals surface area contributed by atoms with Gasteiger partial charge in [-0.05, 0) is 31.2 Å². The quantitative estimate of drug-likeness (QED) is 0.784. The van der Waals surface area contributed by atoms with Crippen LogP contribution in [0.25, 0.3) is 0 Å². The average Bonchev–Trinajstić information content (AvgIpc) is 2.49. The lowest BCUT2D eigenvalue weighted by Crippen LogP contribution is -2.36. The van der Waals surface area contributed by atoms with Crippen LogP contribution in [-0.4, -0.2) is 19.1 Å². The van der Waals surface area contributed by atoms with Gasteiger partial charge in [0.25, 0.3) is 0 Å². The lowest BCUT2D eigenvalue weighted by Gasteiger charge is -2.29. The van der Waals surface area contributed by atoms with Crippen molar-refractivity contribution in [3.8, 4) is 0 Å². The standard InChI is InChI=1S/C16H17NO2/c1-13(16(18)19-2)17(14-9-5-3-6-10-14)15-11-7-4-8-12-15/h3-13H,1-2H3. The third-order valence-electron chi connectivity index (χ3n) is 3.00. The zero-order chi connectivity index (χ0) is 13.7. The summed E-state index contributed by atoms with van der Waals surface area (Å²) in [6.45, 7) is 1.84. The van der Waals surface area contributed by atoms with Crippen molar-refractivity contribution in [1.29, 1.82) is 0 Å². The molecule has 0 aliphatic rings. The first-order chi connectivity index (χ1) is 9.24. The van der Waals surface area contributed by atoms with Crippen LogP contribution >= 0.6 is 0 Å². The molecule has 1 unspecified atom stereocenters. The van der Waals surface area contributed by atoms with E-state index in [0.29, 0.717) is 0 Å². The van der Waals surface area contributed by atoms with E-state index in [-0.39, 0.29) is 12.0 Å². The van der Waals surface area contributed by atoms with Crippen LogP contribution in [0.3, 0.4) is 0 Å². The highest BCUT2D eigenvalue weighted by atomic mass is 16.5. The fourth-order valence-corrected chi connectivity index (χ4v) is 2.05. The van der Waals surface area contributed by atoms with Gasteiger partial charge in [0.1, 0.15) is 6.04 Å². The Morgan fingerprint density at radius 3 is 1.74 bits per heavy atom. The van der Waals surface area contributed by atoms with Gasteiger partial charge in [-0.2, -0.15) is 0 Å². The SMILES string of the molecule is COC(=O)C(C)N(c1ccccc1)c1ccccc1. The Hall–Kier alpha value is -2.29. The molecule has 0 aliphatic carbocycles. The van der Waals surface area contributed by atoms with E-state index < -0.39 is 0 Å². The lowest BCUT2D eigenvalue weighted by atomic mass is 10.1. The zero-order valence-corrected chi connectivity index (χ0v) is 11.1. The van der Waals surface area contributed by atoms with E-state index in [1.54, 1.807) is 0 Å². The minimum atomic E-state index is -0.380. The first-order valence-corrected chi connectivity index (χ1v) is 6.21. The third-order valence-corrected chi connectivity index (χ3v) is 3.00. The van der Waals surface area contributed by atoms with Gasteiger partial charge in [0, 0.05) is 11.4 Å². The number of nitrogens with zero attached hydrogens (tertiary/aromatic N) is 1. The molecule has 3 nitrogen and oxygen atoms in total. The number of para-hydroxylation sites is 2. The highest BCUT2D eigenvalue weighted by Gasteiger charge is 2.23. The van der Waals surface area contributed by atoms with E-state index in [0.717, 1.165) is 11.4 Å². The highest BCUT2D eigenvalue weighted by molar-refractivity contribution is 5.83. The van der Waals surface area contributed by atoms with Crippen LogP contribution < -0.4 is 4.90 Å². The molecule has 0 aliphatic heterocycles. The molecule has 0 fully saturated rings. The molecule has 0 N–H and O–H groups in total. The summed E-state index contributed by atoms with van der Waals surface area (Å²) in [5, 5.41) is 0. The maximum Gasteiger partial charge on any atom is 0.328 e. The maximum absolute atomic E-state index is 11.8. The molecular formula is C16H17NO2. The Kier molecular flexibility index (Phi) is 4.18. The summed E-state index contributed by atoms with van der Waals surface area (Å²) in [6, 6.07) is 19.3. The number of benzene rings is 2. The first-order valence-electron chi connectivity index (χ1n) is 6.21. The number of ether oxygens (including phenoxy) is 1. The number of hydrogen-bond donors (Lipinski definition) is 0. The summed E-state index contributed by atoms with van der Waals surface area (Å²) in [7, 11) is 1.41. The van der Waals surface area contributed by atoms with Gasteiger partial charge in [0.05, 0.1) is 7.11 Å². The van der Waals surface area contributed by atoms with E-state index in [1.807, 2.05) is 72.5 Å². The molecule has 2 aromatic rings. The molecule has 2 aromatic carbocycles. The zero-order valence-electron chi connectivity index (χ0n) is 11.1. The van der Waals surface area contributed by atoms with Crippen LogP contribution in [0.1, 0.15) is 6.92 Å². The summed E-state index contributed by atoms with van der Waals surface area (Å²) in [6.07, 6.45) is 0. The Morgan fingerprint density at radius 1 is 0.947 bits per heavy atom. The van der Waals surface area contributed by atoms with Gasteiger partial charge < -0.3 is 9.64 Å². The molecule has 19 heavy (non-hydrogen) atoms. The summed E-state index contributed by atoms with van der Waals surface area (Å²) >= 11 is 0. The van der Waals surface area contributed by atoms with Crippen molar-refractivity contribution >= 4 is 17.3 Å². The van der Waals surface area contributed by atoms with Crippen molar-refractivity contribution in [1.82, 2.24) is 0 Å². The van der Waals surface area contributed by atoms with Crippen LogP contribution in [0.5, 0.6) is 0 Å². The number of anilines is 2. The highest BCUT2D eigenvalue weighted by Crippen LogP contribution is 2.27. The van der Waals surface area contributed by atoms with Gasteiger partial charge in [-0.15, -0.1) is 0 Å². The van der Waals surface area contributed by atoms with Gasteiger partial charge in [-0.1, -0.05) is 36.4 Å². The van der Waals surface area contributed by atoms with Gasteiger partial charge in [0.15, 0.2) is 0 Å². The Labute approximate surface area is 113 Å². The van der Waals surface area contributed by atoms with Crippen molar-refractivity contribution in [2.24, 2.45) is 0 Å². The Morgan fingerprint density at radius 2 is 1.37 bits per heavy atom. The summed E-state index contributed by atoms with van der Waals surface area (Å²) in [5.41, 5.74) is 1.93. The second-order valence-corrected chi connectivity index (χ2v) is 4.24. The molecule has 0 saturated carbocycles. The lowest BCUT2D eigenvalue weighted by molar-refractivity contribution is -0.141. The molecule has 2 rings (SSSR count). The Bertz CT molecular complexity index is 485. The fourth-order valence-electron chi connectivity index (χ4n) is 2.05. The maximum atomic E-state index is 11.8. The first kappa shape index (κ1) is 13.1. The second-order valence-electron chi connectivity index (χ2n) is 4.24. The van der Waals surface area contributed by atoms with Crippen LogP contribution in [0.15, 0.2) is 60.7 Å². The van der Waals surface area contributed by atoms with Crippen molar-refractivity contribution < 1.29 is 9.53 Å². The number of hydrogen-bond acceptors (Lipinski definition) is 3. The number of rotatable bonds is 4. The fraction of sp³-hybridized carbons (Fsp3) is 0.188. The van der Waals surface area contributed by atoms with Gasteiger partial charge in [-0.25, -0.2) is 4.79 Å². The molecule has 0 saturated heterocycles. The van der Waals surface area contributed by atoms with Gasteiger partial charge in [0.2, 0.25) is 0 Å². The van der Waals surface area contributed by atoms with Crippen LogP contribution in [-0.2, 0) is 9.53 Å². The van der Waals surface area contributed by atoms with Crippen LogP contribution in [0.2, 0.25) is 0 Å². The molecule has 98 valence electrons. The molecule has 0 bridgehead atoms. The van der Waals surface area contributed by atoms with E-state index in [4.69, 9.17) is 4.74 Å². The number of esters is 1. The minimum absolute atomic E-state index is 0.257. The Balaban J connectivity index is 2.43. The van der Waals surface area contributed by atoms with Gasteiger partial charge in [-0.3, -0.25) is 0 Å². The molecule has 0 radical (unpaired) electrons. The van der Waals surface area contributed by atoms with E-state index in [2.05, 4.69) is 0 Å². The summed E-state index contributed by atoms with van der Waals surface area (Å²) < 4.78 is 4.86. The normalized spacial score (nSPS) is 11.7. The molecular weight excluding hydrogens is 238 g/mol. The molecule has 0 aromatic heterocycles. The van der Waals surface area contributed by atoms with Crippen LogP contribution in [0, 0.1) is 0 Å². The third kappa shape index (κ3) is 2.94. The summed E-state index contributed by atoms with van der Waals surface area (Å²) in [5.74, 6) is -0.257. The van der Waals surface area contributed by atoms with Crippen LogP contribution in [0.4, 0.5) is 11.4 Å². The van der Waals surface area contributed by atoms with Crippen molar-refractivity contribution in [2.45, 2.75) is 13.0 Å². The van der Waals surface area contributed by atoms with E-state index in [9.17, 15) is 4.79 Å². The van der Waals surface area contributed by atoms with E-state index in [1.165, 1.54) is 7.11 Å². The minimum Gasteiger partial charge on any atom is -0.467 e. The number of methoxy groups -OCH3 is 1. The topological polar surface area (TPSA) is 29.5 Å². The van der Waals surface area contributed by atoms with Crippen molar-refractivity contribution in [2.75, 3.05) is 12.0 Å². The predicted molar refractivity (Wildman–Crippen MR) is 76.5 cm³/mol. The molecule has 1 atom stereocenters. The average molecular weight is 255 g/mol. The molecule has 3 heteroatoms. The van der Waals surface area contributed by atoms with Crippen molar-refractivity contribution in [3.05, 3.63) is 60.7 Å². The number of carbonyl (C=O) groups excluding carboxylic acids is 1. The smallest absolute Gasteiger partial charge is 0.328 e. The largest absolute Gasteiger partial charge is 0.467 e. The second kappa shape index (κ2) is 6.05. The van der Waals surface area contributed by atoms with Crippen molar-refractivity contribution in [3.63, 3.8) is 0 Å². The molecule has 0 heterocycles. The molecule has 0 amide bonds. The van der Waals surface area contributed by atoms with Gasteiger partial charge >= 0.3 is 5.97 Å². The number of carbonyl (C=O) groups is 1. The summed E-state index contributed by atoms with van der Waals surface area (Å²) in [4.78, 5) is 13.8. The monoisotopic (exact) mass is 255 g/mol. The molecule has 0 spiro atoms. The predicted octanol–water partition coefficient (Wildman–Crippen LogP) is 3.39.